The van der Waals surface area contributed by atoms with E-state index in [2.05, 4.69) is 39.1 Å². The standard InChI is InChI=1S/C14H18BrN3OS/c1-2-3-7-11(16)14-17-13(18-19-14)9-20-12-8-5-4-6-10(12)15/h4-6,8,11H,2-3,7,9,16H2,1H3/t11-/m0/s1. The molecule has 0 aliphatic carbocycles. The van der Waals surface area contributed by atoms with Crippen molar-refractivity contribution in [1.29, 1.82) is 0 Å². The number of hydrogen-bond acceptors (Lipinski definition) is 5. The highest BCUT2D eigenvalue weighted by atomic mass is 79.9. The van der Waals surface area contributed by atoms with E-state index in [1.54, 1.807) is 11.8 Å². The molecule has 108 valence electrons. The maximum Gasteiger partial charge on any atom is 0.243 e. The summed E-state index contributed by atoms with van der Waals surface area (Å²) in [5, 5.41) is 3.99. The summed E-state index contributed by atoms with van der Waals surface area (Å²) in [6, 6.07) is 7.93. The molecule has 0 saturated heterocycles. The topological polar surface area (TPSA) is 64.9 Å². The Kier molecular flexibility index (Phi) is 6.06. The molecular weight excluding hydrogens is 338 g/mol. The number of rotatable bonds is 7. The van der Waals surface area contributed by atoms with Crippen molar-refractivity contribution in [2.45, 2.75) is 42.9 Å². The van der Waals surface area contributed by atoms with Crippen molar-refractivity contribution < 1.29 is 4.52 Å². The smallest absolute Gasteiger partial charge is 0.243 e. The van der Waals surface area contributed by atoms with Crippen LogP contribution < -0.4 is 5.73 Å². The molecule has 0 radical (unpaired) electrons. The second-order valence-electron chi connectivity index (χ2n) is 4.52. The fourth-order valence-electron chi connectivity index (χ4n) is 1.73. The van der Waals surface area contributed by atoms with Crippen LogP contribution in [0.2, 0.25) is 0 Å². The van der Waals surface area contributed by atoms with Gasteiger partial charge in [0.25, 0.3) is 0 Å². The maximum atomic E-state index is 6.02. The van der Waals surface area contributed by atoms with Gasteiger partial charge in [-0.05, 0) is 34.5 Å². The summed E-state index contributed by atoms with van der Waals surface area (Å²) < 4.78 is 6.31. The van der Waals surface area contributed by atoms with Crippen LogP contribution in [0.15, 0.2) is 38.2 Å². The second kappa shape index (κ2) is 7.81. The minimum atomic E-state index is -0.148. The van der Waals surface area contributed by atoms with Gasteiger partial charge in [0.2, 0.25) is 5.89 Å². The van der Waals surface area contributed by atoms with Crippen molar-refractivity contribution in [2.24, 2.45) is 5.73 Å². The fourth-order valence-corrected chi connectivity index (χ4v) is 3.14. The molecule has 2 N–H and O–H groups in total. The lowest BCUT2D eigenvalue weighted by Gasteiger charge is -2.03. The largest absolute Gasteiger partial charge is 0.338 e. The zero-order valence-corrected chi connectivity index (χ0v) is 13.8. The van der Waals surface area contributed by atoms with Gasteiger partial charge in [-0.1, -0.05) is 37.1 Å². The molecule has 0 amide bonds. The van der Waals surface area contributed by atoms with Gasteiger partial charge in [0.05, 0.1) is 11.8 Å². The summed E-state index contributed by atoms with van der Waals surface area (Å²) in [6.07, 6.45) is 3.08. The Hall–Kier alpha value is -0.850. The van der Waals surface area contributed by atoms with E-state index in [1.807, 2.05) is 18.2 Å². The van der Waals surface area contributed by atoms with Gasteiger partial charge in [-0.25, -0.2) is 0 Å². The van der Waals surface area contributed by atoms with E-state index in [4.69, 9.17) is 10.3 Å². The third-order valence-electron chi connectivity index (χ3n) is 2.86. The van der Waals surface area contributed by atoms with Crippen molar-refractivity contribution in [2.75, 3.05) is 0 Å². The van der Waals surface area contributed by atoms with E-state index < -0.39 is 0 Å². The summed E-state index contributed by atoms with van der Waals surface area (Å²) in [4.78, 5) is 5.53. The summed E-state index contributed by atoms with van der Waals surface area (Å²) in [7, 11) is 0. The van der Waals surface area contributed by atoms with Crippen molar-refractivity contribution in [3.05, 3.63) is 40.5 Å². The van der Waals surface area contributed by atoms with E-state index in [0.29, 0.717) is 17.5 Å². The van der Waals surface area contributed by atoms with Crippen LogP contribution in [0.3, 0.4) is 0 Å². The quantitative estimate of drug-likeness (QED) is 0.749. The second-order valence-corrected chi connectivity index (χ2v) is 6.39. The predicted molar refractivity (Wildman–Crippen MR) is 84.5 cm³/mol. The third-order valence-corrected chi connectivity index (χ3v) is 4.89. The predicted octanol–water partition coefficient (Wildman–Crippen LogP) is 4.31. The lowest BCUT2D eigenvalue weighted by molar-refractivity contribution is 0.343. The van der Waals surface area contributed by atoms with Crippen molar-refractivity contribution in [3.63, 3.8) is 0 Å². The molecule has 1 heterocycles. The Morgan fingerprint density at radius 3 is 2.95 bits per heavy atom. The lowest BCUT2D eigenvalue weighted by Crippen LogP contribution is -2.10. The molecule has 0 spiro atoms. The molecule has 6 heteroatoms. The fraction of sp³-hybridized carbons (Fsp3) is 0.429. The number of halogens is 1. The van der Waals surface area contributed by atoms with Gasteiger partial charge >= 0.3 is 0 Å². The third kappa shape index (κ3) is 4.33. The summed E-state index contributed by atoms with van der Waals surface area (Å²) in [5.74, 6) is 1.90. The maximum absolute atomic E-state index is 6.02. The Bertz CT molecular complexity index is 547. The number of nitrogens with two attached hydrogens (primary N) is 1. The Morgan fingerprint density at radius 2 is 2.20 bits per heavy atom. The number of thioether (sulfide) groups is 1. The average molecular weight is 356 g/mol. The summed E-state index contributed by atoms with van der Waals surface area (Å²) >= 11 is 5.19. The van der Waals surface area contributed by atoms with Crippen LogP contribution in [-0.4, -0.2) is 10.1 Å². The minimum absolute atomic E-state index is 0.148. The summed E-state index contributed by atoms with van der Waals surface area (Å²) in [6.45, 7) is 2.14. The first-order chi connectivity index (χ1) is 9.70. The first kappa shape index (κ1) is 15.5. The van der Waals surface area contributed by atoms with E-state index in [9.17, 15) is 0 Å². The highest BCUT2D eigenvalue weighted by Crippen LogP contribution is 2.29. The molecular formula is C14H18BrN3OS. The molecule has 0 bridgehead atoms. The van der Waals surface area contributed by atoms with Crippen LogP contribution in [0, 0.1) is 0 Å². The molecule has 1 atom stereocenters. The Balaban J connectivity index is 1.91. The number of unbranched alkanes of at least 4 members (excludes halogenated alkanes) is 1. The first-order valence-electron chi connectivity index (χ1n) is 6.66. The number of nitrogens with zero attached hydrogens (tertiary/aromatic N) is 2. The summed E-state index contributed by atoms with van der Waals surface area (Å²) in [5.41, 5.74) is 6.02. The van der Waals surface area contributed by atoms with Gasteiger partial charge in [0.15, 0.2) is 5.82 Å². The van der Waals surface area contributed by atoms with Crippen LogP contribution in [0.1, 0.15) is 43.9 Å². The molecule has 0 aliphatic heterocycles. The molecule has 2 aromatic rings. The molecule has 2 rings (SSSR count). The van der Waals surface area contributed by atoms with Crippen molar-refractivity contribution in [3.8, 4) is 0 Å². The van der Waals surface area contributed by atoms with Crippen molar-refractivity contribution >= 4 is 27.7 Å². The first-order valence-corrected chi connectivity index (χ1v) is 8.44. The number of hydrogen-bond donors (Lipinski definition) is 1. The van der Waals surface area contributed by atoms with Gasteiger partial charge in [0.1, 0.15) is 0 Å². The minimum Gasteiger partial charge on any atom is -0.338 e. The van der Waals surface area contributed by atoms with E-state index >= 15 is 0 Å². The zero-order valence-electron chi connectivity index (χ0n) is 11.4. The molecule has 0 fully saturated rings. The van der Waals surface area contributed by atoms with Gasteiger partial charge in [0, 0.05) is 9.37 Å². The van der Waals surface area contributed by atoms with Crippen LogP contribution >= 0.6 is 27.7 Å². The van der Waals surface area contributed by atoms with Crippen LogP contribution in [0.4, 0.5) is 0 Å². The van der Waals surface area contributed by atoms with E-state index in [-0.39, 0.29) is 6.04 Å². The van der Waals surface area contributed by atoms with Gasteiger partial charge in [-0.15, -0.1) is 11.8 Å². The van der Waals surface area contributed by atoms with Crippen LogP contribution in [-0.2, 0) is 5.75 Å². The van der Waals surface area contributed by atoms with Crippen LogP contribution in [0.5, 0.6) is 0 Å². The molecule has 20 heavy (non-hydrogen) atoms. The Morgan fingerprint density at radius 1 is 1.40 bits per heavy atom. The molecule has 0 saturated carbocycles. The normalized spacial score (nSPS) is 12.6. The molecule has 4 nitrogen and oxygen atoms in total. The van der Waals surface area contributed by atoms with Gasteiger partial charge < -0.3 is 10.3 Å². The van der Waals surface area contributed by atoms with Gasteiger partial charge in [-0.2, -0.15) is 4.98 Å². The molecule has 1 aromatic carbocycles. The molecule has 0 aliphatic rings. The monoisotopic (exact) mass is 355 g/mol. The van der Waals surface area contributed by atoms with E-state index in [1.165, 1.54) is 0 Å². The Labute approximate surface area is 131 Å². The molecule has 0 unspecified atom stereocenters. The average Bonchev–Trinajstić information content (AvgIpc) is 2.93. The van der Waals surface area contributed by atoms with Crippen molar-refractivity contribution in [1.82, 2.24) is 10.1 Å². The zero-order chi connectivity index (χ0) is 14.4. The van der Waals surface area contributed by atoms with Gasteiger partial charge in [-0.3, -0.25) is 0 Å². The highest BCUT2D eigenvalue weighted by molar-refractivity contribution is 9.10. The SMILES string of the molecule is CCCC[C@H](N)c1nc(CSc2ccccc2Br)no1. The number of benzene rings is 1. The molecule has 1 aromatic heterocycles. The van der Waals surface area contributed by atoms with E-state index in [0.717, 1.165) is 28.6 Å². The highest BCUT2D eigenvalue weighted by Gasteiger charge is 2.14. The number of aromatic nitrogens is 2. The van der Waals surface area contributed by atoms with Crippen LogP contribution in [0.25, 0.3) is 0 Å². The lowest BCUT2D eigenvalue weighted by atomic mass is 10.1.